The van der Waals surface area contributed by atoms with E-state index in [1.165, 1.54) is 6.07 Å². The third-order valence-corrected chi connectivity index (χ3v) is 6.03. The van der Waals surface area contributed by atoms with Crippen LogP contribution in [-0.2, 0) is 15.7 Å². The van der Waals surface area contributed by atoms with Crippen LogP contribution in [0.5, 0.6) is 0 Å². The maximum atomic E-state index is 12.9. The van der Waals surface area contributed by atoms with E-state index in [4.69, 9.17) is 4.74 Å². The lowest BCUT2D eigenvalue weighted by molar-refractivity contribution is -0.143. The fraction of sp³-hybridized carbons (Fsp3) is 0.684. The second-order valence-electron chi connectivity index (χ2n) is 7.64. The van der Waals surface area contributed by atoms with E-state index >= 15 is 0 Å². The molecule has 0 aromatic carbocycles. The summed E-state index contributed by atoms with van der Waals surface area (Å²) < 4.78 is 43.7. The first kappa shape index (κ1) is 19.4. The Kier molecular flexibility index (Phi) is 5.46. The van der Waals surface area contributed by atoms with E-state index in [-0.39, 0.29) is 12.0 Å². The Morgan fingerprint density at radius 1 is 0.964 bits per heavy atom. The van der Waals surface area contributed by atoms with Crippen LogP contribution in [0.15, 0.2) is 18.2 Å². The molecule has 0 bridgehead atoms. The van der Waals surface area contributed by atoms with Gasteiger partial charge in [-0.25, -0.2) is 4.98 Å². The van der Waals surface area contributed by atoms with E-state index in [1.807, 2.05) is 4.90 Å². The predicted octanol–water partition coefficient (Wildman–Crippen LogP) is 2.00. The number of piperazine rings is 1. The van der Waals surface area contributed by atoms with Crippen molar-refractivity contribution in [2.75, 3.05) is 50.8 Å². The molecule has 0 radical (unpaired) electrons. The van der Waals surface area contributed by atoms with Crippen molar-refractivity contribution < 1.29 is 22.7 Å². The summed E-state index contributed by atoms with van der Waals surface area (Å²) in [5, 5.41) is 0. The number of nitrogens with zero attached hydrogens (tertiary/aromatic N) is 4. The number of carbonyl (C=O) groups is 1. The monoisotopic (exact) mass is 398 g/mol. The number of halogens is 3. The number of ether oxygens (including phenoxy) is 1. The topological polar surface area (TPSA) is 48.9 Å². The highest BCUT2D eigenvalue weighted by Gasteiger charge is 2.36. The van der Waals surface area contributed by atoms with Gasteiger partial charge in [0.05, 0.1) is 6.61 Å². The fourth-order valence-electron chi connectivity index (χ4n) is 4.45. The van der Waals surface area contributed by atoms with Crippen molar-refractivity contribution in [3.63, 3.8) is 0 Å². The van der Waals surface area contributed by atoms with E-state index in [2.05, 4.69) is 14.8 Å². The Bertz CT molecular complexity index is 699. The molecule has 0 aliphatic carbocycles. The van der Waals surface area contributed by atoms with Gasteiger partial charge in [0.2, 0.25) is 0 Å². The first-order chi connectivity index (χ1) is 13.4. The number of piperidine rings is 1. The van der Waals surface area contributed by atoms with Crippen LogP contribution in [0, 0.1) is 0 Å². The van der Waals surface area contributed by atoms with Gasteiger partial charge in [-0.2, -0.15) is 13.2 Å². The first-order valence-electron chi connectivity index (χ1n) is 9.86. The quantitative estimate of drug-likeness (QED) is 0.726. The highest BCUT2D eigenvalue weighted by Crippen LogP contribution is 2.29. The second-order valence-corrected chi connectivity index (χ2v) is 7.64. The van der Waals surface area contributed by atoms with Crippen molar-refractivity contribution in [2.24, 2.45) is 0 Å². The van der Waals surface area contributed by atoms with Gasteiger partial charge >= 0.3 is 12.1 Å². The van der Waals surface area contributed by atoms with E-state index in [1.54, 1.807) is 6.07 Å². The number of likely N-dealkylation sites (tertiary alicyclic amines) is 1. The summed E-state index contributed by atoms with van der Waals surface area (Å²) in [5.74, 6) is 0.296. The highest BCUT2D eigenvalue weighted by molar-refractivity contribution is 5.77. The van der Waals surface area contributed by atoms with Gasteiger partial charge in [-0.3, -0.25) is 14.6 Å². The number of cyclic esters (lactones) is 1. The third-order valence-electron chi connectivity index (χ3n) is 6.03. The summed E-state index contributed by atoms with van der Waals surface area (Å²) in [6.45, 7) is 5.27. The Hall–Kier alpha value is -1.87. The van der Waals surface area contributed by atoms with Gasteiger partial charge in [-0.15, -0.1) is 0 Å². The predicted molar refractivity (Wildman–Crippen MR) is 97.0 cm³/mol. The van der Waals surface area contributed by atoms with Crippen LogP contribution >= 0.6 is 0 Å². The van der Waals surface area contributed by atoms with Crippen LogP contribution in [0.1, 0.15) is 25.0 Å². The Balaban J connectivity index is 1.29. The molecule has 3 fully saturated rings. The van der Waals surface area contributed by atoms with Crippen LogP contribution in [0.4, 0.5) is 19.0 Å². The fourth-order valence-corrected chi connectivity index (χ4v) is 4.45. The Morgan fingerprint density at radius 3 is 2.29 bits per heavy atom. The molecule has 3 aliphatic rings. The van der Waals surface area contributed by atoms with Gasteiger partial charge < -0.3 is 9.64 Å². The molecule has 1 aromatic heterocycles. The largest absolute Gasteiger partial charge is 0.464 e. The van der Waals surface area contributed by atoms with E-state index in [0.717, 1.165) is 51.5 Å². The van der Waals surface area contributed by atoms with Crippen LogP contribution in [0.3, 0.4) is 0 Å². The summed E-state index contributed by atoms with van der Waals surface area (Å²) in [6, 6.07) is 4.45. The zero-order valence-electron chi connectivity index (χ0n) is 15.7. The van der Waals surface area contributed by atoms with Crippen molar-refractivity contribution in [3.05, 3.63) is 23.9 Å². The molecule has 0 amide bonds. The lowest BCUT2D eigenvalue weighted by Crippen LogP contribution is -2.54. The number of anilines is 1. The van der Waals surface area contributed by atoms with E-state index in [0.29, 0.717) is 31.6 Å². The summed E-state index contributed by atoms with van der Waals surface area (Å²) in [7, 11) is 0. The summed E-state index contributed by atoms with van der Waals surface area (Å²) in [4.78, 5) is 22.1. The standard InChI is InChI=1S/C19H25F3N4O2/c20-19(21,22)16-2-1-3-17(23-16)26-11-9-24(10-12-26)14-4-7-25(8-5-14)15-6-13-28-18(15)27/h1-3,14-15H,4-13H2/t15-/m0/s1. The van der Waals surface area contributed by atoms with Crippen molar-refractivity contribution in [1.29, 1.82) is 0 Å². The number of pyridine rings is 1. The highest BCUT2D eigenvalue weighted by atomic mass is 19.4. The Labute approximate surface area is 162 Å². The van der Waals surface area contributed by atoms with E-state index in [9.17, 15) is 18.0 Å². The van der Waals surface area contributed by atoms with Gasteiger partial charge in [0.25, 0.3) is 0 Å². The molecule has 0 saturated carbocycles. The molecule has 4 rings (SSSR count). The minimum Gasteiger partial charge on any atom is -0.464 e. The molecule has 0 N–H and O–H groups in total. The van der Waals surface area contributed by atoms with Gasteiger partial charge in [0.1, 0.15) is 17.6 Å². The molecular formula is C19H25F3N4O2. The molecule has 1 aromatic rings. The smallest absolute Gasteiger partial charge is 0.433 e. The number of esters is 1. The van der Waals surface area contributed by atoms with Crippen molar-refractivity contribution in [3.8, 4) is 0 Å². The summed E-state index contributed by atoms with van der Waals surface area (Å²) in [5.41, 5.74) is -0.842. The number of hydrogen-bond acceptors (Lipinski definition) is 6. The van der Waals surface area contributed by atoms with Gasteiger partial charge in [-0.05, 0) is 25.0 Å². The van der Waals surface area contributed by atoms with Gasteiger partial charge in [-0.1, -0.05) is 6.07 Å². The van der Waals surface area contributed by atoms with Crippen LogP contribution < -0.4 is 4.90 Å². The molecule has 9 heteroatoms. The molecule has 6 nitrogen and oxygen atoms in total. The number of hydrogen-bond donors (Lipinski definition) is 0. The molecule has 28 heavy (non-hydrogen) atoms. The number of carbonyl (C=O) groups excluding carboxylic acids is 1. The minimum atomic E-state index is -4.42. The molecule has 0 spiro atoms. The van der Waals surface area contributed by atoms with Gasteiger partial charge in [0.15, 0.2) is 0 Å². The molecule has 1 atom stereocenters. The molecule has 4 heterocycles. The SMILES string of the molecule is O=C1OCC[C@@H]1N1CCC(N2CCN(c3cccc(C(F)(F)F)n3)CC2)CC1. The third kappa shape index (κ3) is 4.10. The van der Waals surface area contributed by atoms with Crippen molar-refractivity contribution in [1.82, 2.24) is 14.8 Å². The normalized spacial score (nSPS) is 25.9. The summed E-state index contributed by atoms with van der Waals surface area (Å²) in [6.07, 6.45) is -1.62. The van der Waals surface area contributed by atoms with Crippen molar-refractivity contribution in [2.45, 2.75) is 37.5 Å². The Morgan fingerprint density at radius 2 is 1.68 bits per heavy atom. The lowest BCUT2D eigenvalue weighted by Gasteiger charge is -2.43. The number of aromatic nitrogens is 1. The lowest BCUT2D eigenvalue weighted by atomic mass is 10.00. The summed E-state index contributed by atoms with van der Waals surface area (Å²) >= 11 is 0. The maximum Gasteiger partial charge on any atom is 0.433 e. The first-order valence-corrected chi connectivity index (χ1v) is 9.86. The van der Waals surface area contributed by atoms with Crippen LogP contribution in [-0.4, -0.2) is 78.7 Å². The molecular weight excluding hydrogens is 373 g/mol. The van der Waals surface area contributed by atoms with Gasteiger partial charge in [0, 0.05) is 51.7 Å². The van der Waals surface area contributed by atoms with Crippen LogP contribution in [0.25, 0.3) is 0 Å². The number of alkyl halides is 3. The molecule has 0 unspecified atom stereocenters. The molecule has 3 aliphatic heterocycles. The van der Waals surface area contributed by atoms with Crippen molar-refractivity contribution >= 4 is 11.8 Å². The second kappa shape index (κ2) is 7.87. The van der Waals surface area contributed by atoms with E-state index < -0.39 is 11.9 Å². The molecule has 154 valence electrons. The number of rotatable bonds is 3. The zero-order chi connectivity index (χ0) is 19.7. The zero-order valence-corrected chi connectivity index (χ0v) is 15.7. The maximum absolute atomic E-state index is 12.9. The molecule has 3 saturated heterocycles. The van der Waals surface area contributed by atoms with Crippen LogP contribution in [0.2, 0.25) is 0 Å². The average Bonchev–Trinajstić information content (AvgIpc) is 3.14. The average molecular weight is 398 g/mol. The minimum absolute atomic E-state index is 0.0789.